The molecule has 0 saturated heterocycles. The number of fused-ring (bicyclic) bond motifs is 16. The molecule has 0 aliphatic rings. The molecule has 0 aliphatic heterocycles. The predicted molar refractivity (Wildman–Crippen MR) is 310 cm³/mol. The number of para-hydroxylation sites is 7. The van der Waals surface area contributed by atoms with E-state index in [9.17, 15) is 0 Å². The number of hydrogen-bond acceptors (Lipinski definition) is 0. The van der Waals surface area contributed by atoms with Crippen molar-refractivity contribution < 1.29 is 0 Å². The normalized spacial score (nSPS) is 12.6. The summed E-state index contributed by atoms with van der Waals surface area (Å²) < 4.78 is 12.5. The van der Waals surface area contributed by atoms with E-state index >= 15 is 0 Å². The highest BCUT2D eigenvalue weighted by Crippen LogP contribution is 2.44. The van der Waals surface area contributed by atoms with Crippen LogP contribution in [0.2, 0.25) is 0 Å². The summed E-state index contributed by atoms with van der Waals surface area (Å²) in [5, 5.41) is 12.6. The van der Waals surface area contributed by atoms with Gasteiger partial charge < -0.3 is 22.8 Å². The second-order valence-corrected chi connectivity index (χ2v) is 19.4. The van der Waals surface area contributed by atoms with Gasteiger partial charge >= 0.3 is 0 Å². The Bertz CT molecular complexity index is 4720. The van der Waals surface area contributed by atoms with Gasteiger partial charge in [-0.1, -0.05) is 159 Å². The summed E-state index contributed by atoms with van der Waals surface area (Å²) in [6.45, 7) is 3.05. The average molecular weight is 936 g/mol. The van der Waals surface area contributed by atoms with Crippen LogP contribution >= 0.6 is 0 Å². The number of aromatic nitrogens is 5. The number of rotatable bonds is 9. The molecule has 5 nitrogen and oxygen atoms in total. The van der Waals surface area contributed by atoms with E-state index in [1.807, 2.05) is 0 Å². The molecule has 10 aromatic carbocycles. The van der Waals surface area contributed by atoms with Crippen molar-refractivity contribution in [1.82, 2.24) is 22.8 Å². The Morgan fingerprint density at radius 2 is 0.836 bits per heavy atom. The zero-order valence-electron chi connectivity index (χ0n) is 40.5. The van der Waals surface area contributed by atoms with Gasteiger partial charge in [-0.15, -0.1) is 0 Å². The topological polar surface area (TPSA) is 24.6 Å². The van der Waals surface area contributed by atoms with Gasteiger partial charge in [0.25, 0.3) is 0 Å². The number of aryl methyl sites for hydroxylation is 1. The van der Waals surface area contributed by atoms with E-state index in [1.165, 1.54) is 115 Å². The average Bonchev–Trinajstić information content (AvgIpc) is 4.23. The Hall–Kier alpha value is -9.32. The maximum Gasteiger partial charge on any atom is 0.0641 e. The van der Waals surface area contributed by atoms with Gasteiger partial charge in [0.1, 0.15) is 0 Å². The summed E-state index contributed by atoms with van der Waals surface area (Å²) in [6.07, 6.45) is 8.69. The van der Waals surface area contributed by atoms with Crippen molar-refractivity contribution in [2.45, 2.75) is 26.3 Å². The molecule has 0 aliphatic carbocycles. The summed E-state index contributed by atoms with van der Waals surface area (Å²) in [4.78, 5) is 0. The molecule has 15 rings (SSSR count). The van der Waals surface area contributed by atoms with Crippen LogP contribution < -0.4 is 0 Å². The molecule has 0 N–H and O–H groups in total. The van der Waals surface area contributed by atoms with E-state index in [1.54, 1.807) is 0 Å². The minimum atomic E-state index is 0.846. The van der Waals surface area contributed by atoms with Gasteiger partial charge in [-0.25, -0.2) is 0 Å². The Balaban J connectivity index is 0.930. The molecule has 0 bridgehead atoms. The lowest BCUT2D eigenvalue weighted by atomic mass is 10.1. The highest BCUT2D eigenvalue weighted by molar-refractivity contribution is 6.26. The van der Waals surface area contributed by atoms with Crippen molar-refractivity contribution in [1.29, 1.82) is 0 Å². The van der Waals surface area contributed by atoms with Crippen LogP contribution in [0, 0.1) is 0 Å². The number of benzene rings is 10. The SMILES string of the molecule is CC/C=C\C=C(/CCn1c2ccccc2c2ccccc21)n1c2ccccc2c2cc3c(cc21)c1ccccc1n3-c1cccc(-n2c3ccccc3c3c2ccc2c4ccccc4n(-c4ccccc4)c23)c1. The first-order chi connectivity index (χ1) is 36.2. The second kappa shape index (κ2) is 16.4. The van der Waals surface area contributed by atoms with E-state index in [2.05, 4.69) is 272 Å². The highest BCUT2D eigenvalue weighted by atomic mass is 15.0. The summed E-state index contributed by atoms with van der Waals surface area (Å²) in [5.41, 5.74) is 16.8. The zero-order chi connectivity index (χ0) is 48.1. The van der Waals surface area contributed by atoms with Crippen LogP contribution in [0.4, 0.5) is 0 Å². The third-order valence-corrected chi connectivity index (χ3v) is 15.5. The Labute approximate surface area is 421 Å². The van der Waals surface area contributed by atoms with Gasteiger partial charge in [-0.2, -0.15) is 0 Å². The van der Waals surface area contributed by atoms with Crippen molar-refractivity contribution in [3.63, 3.8) is 0 Å². The number of hydrogen-bond donors (Lipinski definition) is 0. The zero-order valence-corrected chi connectivity index (χ0v) is 40.5. The molecule has 0 saturated carbocycles. The minimum Gasteiger partial charge on any atom is -0.340 e. The molecule has 5 aromatic heterocycles. The van der Waals surface area contributed by atoms with Crippen LogP contribution in [0.15, 0.2) is 243 Å². The third-order valence-electron chi connectivity index (χ3n) is 15.5. The van der Waals surface area contributed by atoms with Crippen molar-refractivity contribution in [3.8, 4) is 17.1 Å². The first-order valence-corrected chi connectivity index (χ1v) is 25.6. The molecule has 73 heavy (non-hydrogen) atoms. The van der Waals surface area contributed by atoms with Crippen LogP contribution in [0.5, 0.6) is 0 Å². The van der Waals surface area contributed by atoms with Crippen LogP contribution in [-0.2, 0) is 6.54 Å². The monoisotopic (exact) mass is 935 g/mol. The predicted octanol–water partition coefficient (Wildman–Crippen LogP) is 18.1. The van der Waals surface area contributed by atoms with Gasteiger partial charge in [0.05, 0.1) is 44.1 Å². The maximum absolute atomic E-state index is 2.54. The molecular formula is C68H49N5. The van der Waals surface area contributed by atoms with E-state index < -0.39 is 0 Å². The Morgan fingerprint density at radius 3 is 1.49 bits per heavy atom. The number of nitrogens with zero attached hydrogens (tertiary/aromatic N) is 5. The standard InChI is InChI=1S/C68H49N5/c1-2-3-5-21-46(40-41-69-58-32-14-8-26-49(58)50-27-9-15-33-59(50)69)70-60-34-16-11-29-52(60)56-44-66-57(43-65(56)70)53-30-12-17-35-61(53)72(66)48-25-20-24-47(42-48)71-63-37-19-13-31-55(63)67-64(71)39-38-54-51-28-10-18-36-62(51)73(68(54)67)45-22-6-4-7-23-45/h3-39,42-44H,2,40-41H2,1H3/b5-3-,46-21+. The Kier molecular flexibility index (Phi) is 9.30. The lowest BCUT2D eigenvalue weighted by Crippen LogP contribution is -2.04. The van der Waals surface area contributed by atoms with E-state index in [4.69, 9.17) is 0 Å². The fraction of sp³-hybridized carbons (Fsp3) is 0.0588. The van der Waals surface area contributed by atoms with Crippen LogP contribution in [0.3, 0.4) is 0 Å². The van der Waals surface area contributed by atoms with Gasteiger partial charge in [0, 0.05) is 101 Å². The molecule has 0 unspecified atom stereocenters. The largest absolute Gasteiger partial charge is 0.340 e. The number of allylic oxidation sites excluding steroid dienone is 4. The molecule has 0 fully saturated rings. The Morgan fingerprint density at radius 1 is 0.356 bits per heavy atom. The molecule has 15 aromatic rings. The van der Waals surface area contributed by atoms with Gasteiger partial charge in [0.15, 0.2) is 0 Å². The molecule has 346 valence electrons. The van der Waals surface area contributed by atoms with Gasteiger partial charge in [-0.05, 0) is 97.4 Å². The molecule has 5 heterocycles. The second-order valence-electron chi connectivity index (χ2n) is 19.4. The summed E-state index contributed by atoms with van der Waals surface area (Å²) >= 11 is 0. The first-order valence-electron chi connectivity index (χ1n) is 25.6. The van der Waals surface area contributed by atoms with Crippen LogP contribution in [0.1, 0.15) is 19.8 Å². The smallest absolute Gasteiger partial charge is 0.0641 e. The van der Waals surface area contributed by atoms with Crippen molar-refractivity contribution >= 4 is 115 Å². The van der Waals surface area contributed by atoms with Crippen molar-refractivity contribution in [2.75, 3.05) is 0 Å². The third kappa shape index (κ3) is 6.15. The van der Waals surface area contributed by atoms with E-state index in [-0.39, 0.29) is 0 Å². The minimum absolute atomic E-state index is 0.846. The fourth-order valence-electron chi connectivity index (χ4n) is 12.5. The first kappa shape index (κ1) is 41.5. The quantitative estimate of drug-likeness (QED) is 0.129. The summed E-state index contributed by atoms with van der Waals surface area (Å²) in [7, 11) is 0. The van der Waals surface area contributed by atoms with Crippen molar-refractivity contribution in [3.05, 3.63) is 243 Å². The van der Waals surface area contributed by atoms with Gasteiger partial charge in [-0.3, -0.25) is 0 Å². The molecule has 0 amide bonds. The maximum atomic E-state index is 2.54. The lowest BCUT2D eigenvalue weighted by Gasteiger charge is -2.15. The van der Waals surface area contributed by atoms with Crippen molar-refractivity contribution in [2.24, 2.45) is 0 Å². The highest BCUT2D eigenvalue weighted by Gasteiger charge is 2.23. The fourth-order valence-corrected chi connectivity index (χ4v) is 12.5. The summed E-state index contributed by atoms with van der Waals surface area (Å²) in [6, 6.07) is 82.9. The van der Waals surface area contributed by atoms with Crippen LogP contribution in [0.25, 0.3) is 132 Å². The molecule has 0 radical (unpaired) electrons. The van der Waals surface area contributed by atoms with E-state index in [0.717, 1.165) is 36.4 Å². The molecule has 5 heteroatoms. The van der Waals surface area contributed by atoms with E-state index in [0.29, 0.717) is 0 Å². The van der Waals surface area contributed by atoms with Crippen LogP contribution in [-0.4, -0.2) is 22.8 Å². The van der Waals surface area contributed by atoms with Gasteiger partial charge in [0.2, 0.25) is 0 Å². The lowest BCUT2D eigenvalue weighted by molar-refractivity contribution is 0.756. The summed E-state index contributed by atoms with van der Waals surface area (Å²) in [5.74, 6) is 0. The molecule has 0 atom stereocenters. The molecule has 0 spiro atoms. The molecular weight excluding hydrogens is 887 g/mol.